The van der Waals surface area contributed by atoms with Crippen LogP contribution in [-0.2, 0) is 20.2 Å². The van der Waals surface area contributed by atoms with Crippen molar-refractivity contribution in [3.63, 3.8) is 0 Å². The molecule has 24 heteroatoms. The van der Waals surface area contributed by atoms with Crippen molar-refractivity contribution in [3.05, 3.63) is 84.9 Å². The molecule has 0 saturated carbocycles. The number of hydrogen-bond donors (Lipinski definition) is 6. The van der Waals surface area contributed by atoms with Crippen LogP contribution in [0, 0.1) is 0 Å². The molecule has 0 aromatic heterocycles. The molecule has 0 atom stereocenters. The second-order valence-corrected chi connectivity index (χ2v) is 14.7. The summed E-state index contributed by atoms with van der Waals surface area (Å²) in [7, 11) is -10.3. The topological polar surface area (TPSA) is 269 Å². The maximum Gasteiger partial charge on any atom is 0.573 e. The number of phenolic OH excluding ortho intramolecular Hbond substituents is 2. The highest BCUT2D eigenvalue weighted by molar-refractivity contribution is 7.86. The van der Waals surface area contributed by atoms with Gasteiger partial charge in [-0.25, -0.2) is 0 Å². The summed E-state index contributed by atoms with van der Waals surface area (Å²) in [5.41, 5.74) is 7.89. The van der Waals surface area contributed by atoms with Crippen molar-refractivity contribution < 1.29 is 72.0 Å². The summed E-state index contributed by atoms with van der Waals surface area (Å²) in [4.78, 5) is -1.98. The minimum atomic E-state index is -5.40. The molecule has 6 rings (SSSR count). The summed E-state index contributed by atoms with van der Waals surface area (Å²) in [5.74, 6) is -3.98. The third-order valence-corrected chi connectivity index (χ3v) is 9.66. The van der Waals surface area contributed by atoms with Crippen LogP contribution < -0.4 is 20.9 Å². The van der Waals surface area contributed by atoms with Crippen LogP contribution in [0.2, 0.25) is 0 Å². The summed E-state index contributed by atoms with van der Waals surface area (Å²) in [5, 5.41) is 36.0. The van der Waals surface area contributed by atoms with E-state index in [4.69, 9.17) is 11.5 Å². The number of azo groups is 2. The summed E-state index contributed by atoms with van der Waals surface area (Å²) < 4.78 is 158. The van der Waals surface area contributed by atoms with Gasteiger partial charge in [0.1, 0.15) is 32.5 Å². The number of phenols is 2. The zero-order valence-corrected chi connectivity index (χ0v) is 30.0. The Labute approximate surface area is 320 Å². The van der Waals surface area contributed by atoms with Crippen LogP contribution in [0.25, 0.3) is 32.7 Å². The van der Waals surface area contributed by atoms with Crippen molar-refractivity contribution in [2.45, 2.75) is 22.5 Å². The average molecular weight is 853 g/mol. The second kappa shape index (κ2) is 14.6. The highest BCUT2D eigenvalue weighted by atomic mass is 32.2. The average Bonchev–Trinajstić information content (AvgIpc) is 3.09. The quantitative estimate of drug-likeness (QED) is 0.0344. The fourth-order valence-corrected chi connectivity index (χ4v) is 6.80. The molecule has 0 aliphatic heterocycles. The number of hydrogen-bond acceptors (Lipinski definition) is 14. The van der Waals surface area contributed by atoms with Gasteiger partial charge in [-0.2, -0.15) is 16.8 Å². The normalized spacial score (nSPS) is 12.9. The van der Waals surface area contributed by atoms with E-state index in [-0.39, 0.29) is 44.0 Å². The van der Waals surface area contributed by atoms with Crippen LogP contribution in [0.15, 0.2) is 115 Å². The molecule has 0 bridgehead atoms. The Kier molecular flexibility index (Phi) is 10.3. The molecule has 0 radical (unpaired) electrons. The van der Waals surface area contributed by atoms with Crippen LogP contribution >= 0.6 is 0 Å². The number of rotatable bonds is 9. The van der Waals surface area contributed by atoms with E-state index in [0.29, 0.717) is 12.1 Å². The molecule has 0 heterocycles. The predicted molar refractivity (Wildman–Crippen MR) is 193 cm³/mol. The Morgan fingerprint density at radius 2 is 0.948 bits per heavy atom. The highest BCUT2D eigenvalue weighted by Gasteiger charge is 2.34. The van der Waals surface area contributed by atoms with Crippen LogP contribution in [0.4, 0.5) is 60.5 Å². The molecule has 0 fully saturated rings. The van der Waals surface area contributed by atoms with Crippen molar-refractivity contribution in [2.24, 2.45) is 20.5 Å². The number of ether oxygens (including phenoxy) is 2. The first-order chi connectivity index (χ1) is 26.9. The third kappa shape index (κ3) is 8.94. The molecule has 8 N–H and O–H groups in total. The number of nitrogens with zero attached hydrogens (tertiary/aromatic N) is 4. The van der Waals surface area contributed by atoms with Crippen LogP contribution in [0.1, 0.15) is 0 Å². The molecule has 0 amide bonds. The minimum absolute atomic E-state index is 0.0318. The van der Waals surface area contributed by atoms with Crippen molar-refractivity contribution in [1.29, 1.82) is 0 Å². The van der Waals surface area contributed by atoms with Gasteiger partial charge < -0.3 is 31.2 Å². The van der Waals surface area contributed by atoms with Gasteiger partial charge in [0.2, 0.25) is 0 Å². The molecule has 58 heavy (non-hydrogen) atoms. The van der Waals surface area contributed by atoms with Gasteiger partial charge >= 0.3 is 12.7 Å². The zero-order valence-electron chi connectivity index (χ0n) is 28.3. The molecule has 0 unspecified atom stereocenters. The van der Waals surface area contributed by atoms with Gasteiger partial charge in [-0.1, -0.05) is 18.2 Å². The molecule has 0 aliphatic rings. The SMILES string of the molecule is Nc1ccc2c(O)c(N=Nc3ccc(-c4ccc(N=Nc5c(S(=O)(=O)O)cc6ccc(N)cc6c5O)c(OC(F)(F)F)c4)cc3OC(F)(F)F)c(S(=O)(=O)O)cc2c1. The predicted octanol–water partition coefficient (Wildman–Crippen LogP) is 9.36. The Balaban J connectivity index is 1.45. The van der Waals surface area contributed by atoms with E-state index in [9.17, 15) is 62.5 Å². The van der Waals surface area contributed by atoms with Crippen molar-refractivity contribution in [3.8, 4) is 34.1 Å². The lowest BCUT2D eigenvalue weighted by atomic mass is 10.0. The lowest BCUT2D eigenvalue weighted by molar-refractivity contribution is -0.275. The van der Waals surface area contributed by atoms with Gasteiger partial charge in [0.15, 0.2) is 23.0 Å². The van der Waals surface area contributed by atoms with E-state index < -0.39 is 88.5 Å². The first kappa shape index (κ1) is 40.9. The van der Waals surface area contributed by atoms with Crippen molar-refractivity contribution in [1.82, 2.24) is 0 Å². The Hall–Kier alpha value is -6.76. The van der Waals surface area contributed by atoms with Gasteiger partial charge in [0.25, 0.3) is 20.2 Å². The lowest BCUT2D eigenvalue weighted by Gasteiger charge is -2.15. The summed E-state index contributed by atoms with van der Waals surface area (Å²) in [6.07, 6.45) is -10.8. The zero-order chi connectivity index (χ0) is 42.5. The first-order valence-corrected chi connectivity index (χ1v) is 18.4. The molecule has 0 saturated heterocycles. The molecular formula is C34H22F6N6O10S2. The lowest BCUT2D eigenvalue weighted by Crippen LogP contribution is -2.17. The van der Waals surface area contributed by atoms with Crippen molar-refractivity contribution >= 4 is 75.9 Å². The molecular weight excluding hydrogens is 831 g/mol. The van der Waals surface area contributed by atoms with E-state index in [1.165, 1.54) is 36.4 Å². The molecule has 16 nitrogen and oxygen atoms in total. The number of benzene rings is 6. The van der Waals surface area contributed by atoms with Gasteiger partial charge in [-0.05, 0) is 88.6 Å². The number of anilines is 2. The van der Waals surface area contributed by atoms with E-state index >= 15 is 0 Å². The van der Waals surface area contributed by atoms with E-state index in [1.807, 2.05) is 0 Å². The minimum Gasteiger partial charge on any atom is -0.505 e. The first-order valence-electron chi connectivity index (χ1n) is 15.6. The van der Waals surface area contributed by atoms with Gasteiger partial charge in [0, 0.05) is 22.1 Å². The summed E-state index contributed by atoms with van der Waals surface area (Å²) >= 11 is 0. The molecule has 0 aliphatic carbocycles. The van der Waals surface area contributed by atoms with Gasteiger partial charge in [-0.3, -0.25) is 9.11 Å². The van der Waals surface area contributed by atoms with Gasteiger partial charge in [-0.15, -0.1) is 46.8 Å². The number of nitrogens with two attached hydrogens (primary N) is 2. The van der Waals surface area contributed by atoms with Gasteiger partial charge in [0.05, 0.1) is 0 Å². The highest BCUT2D eigenvalue weighted by Crippen LogP contribution is 2.46. The molecule has 6 aromatic carbocycles. The second-order valence-electron chi connectivity index (χ2n) is 11.9. The van der Waals surface area contributed by atoms with Crippen molar-refractivity contribution in [2.75, 3.05) is 11.5 Å². The number of fused-ring (bicyclic) bond motifs is 2. The number of nitrogen functional groups attached to an aromatic ring is 2. The number of aromatic hydroxyl groups is 2. The maximum atomic E-state index is 13.6. The smallest absolute Gasteiger partial charge is 0.505 e. The summed E-state index contributed by atoms with van der Waals surface area (Å²) in [6.45, 7) is 0. The van der Waals surface area contributed by atoms with E-state index in [0.717, 1.165) is 36.4 Å². The van der Waals surface area contributed by atoms with Crippen LogP contribution in [-0.4, -0.2) is 48.9 Å². The Bertz CT molecular complexity index is 2940. The standard InChI is InChI=1S/C34H22F6N6O10S2/c35-33(36,37)55-25-10-15(2-7-23(25)43-45-29-28(58(52,53)54)13-18-9-19(41)5-6-21(18)31(29)47)16-3-8-24(26(11-16)56-34(38,39)40)44-46-30-27(57(49,50)51)12-17-1-4-20(42)14-22(17)32(30)48/h1-14,47-48H,41-42H2,(H,49,50,51)(H,52,53,54). The van der Waals surface area contributed by atoms with Crippen LogP contribution in [0.5, 0.6) is 23.0 Å². The third-order valence-electron chi connectivity index (χ3n) is 7.93. The number of alkyl halides is 6. The van der Waals surface area contributed by atoms with E-state index in [1.54, 1.807) is 0 Å². The maximum absolute atomic E-state index is 13.6. The molecule has 0 spiro atoms. The fourth-order valence-electron chi connectivity index (χ4n) is 5.49. The van der Waals surface area contributed by atoms with E-state index in [2.05, 4.69) is 29.9 Å². The fraction of sp³-hybridized carbons (Fsp3) is 0.0588. The molecule has 302 valence electrons. The molecule has 6 aromatic rings. The monoisotopic (exact) mass is 852 g/mol. The number of halogens is 6. The van der Waals surface area contributed by atoms with Crippen LogP contribution in [0.3, 0.4) is 0 Å². The summed E-state index contributed by atoms with van der Waals surface area (Å²) in [6, 6.07) is 14.6. The Morgan fingerprint density at radius 3 is 1.41 bits per heavy atom. The largest absolute Gasteiger partial charge is 0.573 e. The Morgan fingerprint density at radius 1 is 0.517 bits per heavy atom.